The highest BCUT2D eigenvalue weighted by molar-refractivity contribution is 4.95. The topological polar surface area (TPSA) is 32.5 Å². The van der Waals surface area contributed by atoms with Crippen LogP contribution >= 0.6 is 0 Å². The van der Waals surface area contributed by atoms with Gasteiger partial charge in [-0.2, -0.15) is 0 Å². The molecule has 0 aliphatic carbocycles. The number of hydrogen-bond acceptors (Lipinski definition) is 3. The van der Waals surface area contributed by atoms with Gasteiger partial charge in [0.15, 0.2) is 0 Å². The third-order valence-corrected chi connectivity index (χ3v) is 5.16. The van der Waals surface area contributed by atoms with Gasteiger partial charge < -0.3 is 10.6 Å². The highest BCUT2D eigenvalue weighted by atomic mass is 15.2. The number of nitrogens with two attached hydrogens (primary N) is 1. The summed E-state index contributed by atoms with van der Waals surface area (Å²) in [5, 5.41) is 0. The summed E-state index contributed by atoms with van der Waals surface area (Å²) in [6.45, 7) is 13.6. The molecule has 2 unspecified atom stereocenters. The smallest absolute Gasteiger partial charge is 0.0344 e. The molecule has 0 aromatic rings. The molecule has 0 radical (unpaired) electrons. The molecule has 18 heavy (non-hydrogen) atoms. The van der Waals surface area contributed by atoms with Crippen LogP contribution in [0.25, 0.3) is 0 Å². The summed E-state index contributed by atoms with van der Waals surface area (Å²) in [6.07, 6.45) is 3.73. The number of likely N-dealkylation sites (tertiary alicyclic amines) is 1. The Morgan fingerprint density at radius 3 is 2.39 bits per heavy atom. The molecule has 3 nitrogen and oxygen atoms in total. The Kier molecular flexibility index (Phi) is 6.09. The summed E-state index contributed by atoms with van der Waals surface area (Å²) < 4.78 is 0. The number of likely N-dealkylation sites (N-methyl/N-ethyl adjacent to an activating group) is 1. The molecule has 108 valence electrons. The van der Waals surface area contributed by atoms with Crippen LogP contribution in [0.15, 0.2) is 0 Å². The van der Waals surface area contributed by atoms with Crippen LogP contribution in [0, 0.1) is 5.92 Å². The molecule has 1 rings (SSSR count). The minimum absolute atomic E-state index is 0.216. The van der Waals surface area contributed by atoms with Gasteiger partial charge in [-0.3, -0.25) is 4.90 Å². The summed E-state index contributed by atoms with van der Waals surface area (Å²) in [4.78, 5) is 5.13. The lowest BCUT2D eigenvalue weighted by Crippen LogP contribution is -2.56. The molecule has 1 fully saturated rings. The van der Waals surface area contributed by atoms with Crippen molar-refractivity contribution in [1.82, 2.24) is 9.80 Å². The lowest BCUT2D eigenvalue weighted by molar-refractivity contribution is 0.0503. The van der Waals surface area contributed by atoms with Crippen LogP contribution in [0.1, 0.15) is 47.0 Å². The largest absolute Gasteiger partial charge is 0.329 e. The highest BCUT2D eigenvalue weighted by Crippen LogP contribution is 2.30. The van der Waals surface area contributed by atoms with Gasteiger partial charge in [0.05, 0.1) is 0 Å². The zero-order valence-electron chi connectivity index (χ0n) is 13.1. The fraction of sp³-hybridized carbons (Fsp3) is 1.00. The van der Waals surface area contributed by atoms with Crippen molar-refractivity contribution in [2.45, 2.75) is 58.5 Å². The van der Waals surface area contributed by atoms with E-state index in [1.165, 1.54) is 38.9 Å². The molecular weight excluding hydrogens is 222 g/mol. The maximum Gasteiger partial charge on any atom is 0.0344 e. The first-order valence-electron chi connectivity index (χ1n) is 7.62. The lowest BCUT2D eigenvalue weighted by atomic mass is 9.86. The van der Waals surface area contributed by atoms with Crippen LogP contribution in [0.3, 0.4) is 0 Å². The van der Waals surface area contributed by atoms with Crippen molar-refractivity contribution >= 4 is 0 Å². The van der Waals surface area contributed by atoms with Gasteiger partial charge in [-0.1, -0.05) is 20.8 Å². The second-order valence-electron chi connectivity index (χ2n) is 6.31. The van der Waals surface area contributed by atoms with E-state index in [-0.39, 0.29) is 5.54 Å². The first kappa shape index (κ1) is 15.9. The second kappa shape index (κ2) is 6.88. The molecule has 2 atom stereocenters. The van der Waals surface area contributed by atoms with Gasteiger partial charge in [-0.15, -0.1) is 0 Å². The maximum atomic E-state index is 6.17. The third kappa shape index (κ3) is 3.46. The number of rotatable bonds is 5. The summed E-state index contributed by atoms with van der Waals surface area (Å²) in [6, 6.07) is 0.599. The molecule has 2 N–H and O–H groups in total. The first-order chi connectivity index (χ1) is 8.46. The standard InChI is InChI=1S/C15H33N3/c1-6-18-10-7-8-15(12-16,9-11-18)17(5)14(4)13(2)3/h13-14H,6-12,16H2,1-5H3. The van der Waals surface area contributed by atoms with Crippen molar-refractivity contribution < 1.29 is 0 Å². The van der Waals surface area contributed by atoms with E-state index in [1.54, 1.807) is 0 Å². The molecule has 0 amide bonds. The highest BCUT2D eigenvalue weighted by Gasteiger charge is 2.37. The molecule has 0 aromatic carbocycles. The van der Waals surface area contributed by atoms with Crippen molar-refractivity contribution in [3.05, 3.63) is 0 Å². The molecule has 0 aromatic heterocycles. The summed E-state index contributed by atoms with van der Waals surface area (Å²) >= 11 is 0. The van der Waals surface area contributed by atoms with Gasteiger partial charge in [-0.05, 0) is 58.8 Å². The molecule has 3 heteroatoms. The van der Waals surface area contributed by atoms with E-state index in [0.29, 0.717) is 12.0 Å². The summed E-state index contributed by atoms with van der Waals surface area (Å²) in [5.41, 5.74) is 6.39. The monoisotopic (exact) mass is 255 g/mol. The number of nitrogens with zero attached hydrogens (tertiary/aromatic N) is 2. The molecular formula is C15H33N3. The Morgan fingerprint density at radius 2 is 1.89 bits per heavy atom. The van der Waals surface area contributed by atoms with Gasteiger partial charge >= 0.3 is 0 Å². The molecule has 1 aliphatic heterocycles. The fourth-order valence-electron chi connectivity index (χ4n) is 3.13. The van der Waals surface area contributed by atoms with Gasteiger partial charge in [0.25, 0.3) is 0 Å². The Bertz CT molecular complexity index is 242. The minimum atomic E-state index is 0.216. The van der Waals surface area contributed by atoms with Crippen molar-refractivity contribution in [1.29, 1.82) is 0 Å². The van der Waals surface area contributed by atoms with Crippen molar-refractivity contribution in [2.75, 3.05) is 33.2 Å². The molecule has 1 saturated heterocycles. The van der Waals surface area contributed by atoms with E-state index in [1.807, 2.05) is 0 Å². The zero-order chi connectivity index (χ0) is 13.8. The minimum Gasteiger partial charge on any atom is -0.329 e. The van der Waals surface area contributed by atoms with Gasteiger partial charge in [-0.25, -0.2) is 0 Å². The quantitative estimate of drug-likeness (QED) is 0.817. The molecule has 1 heterocycles. The average molecular weight is 255 g/mol. The van der Waals surface area contributed by atoms with Crippen LogP contribution in [-0.2, 0) is 0 Å². The van der Waals surface area contributed by atoms with Crippen molar-refractivity contribution in [2.24, 2.45) is 11.7 Å². The lowest BCUT2D eigenvalue weighted by Gasteiger charge is -2.45. The average Bonchev–Trinajstić information content (AvgIpc) is 2.59. The Morgan fingerprint density at radius 1 is 1.22 bits per heavy atom. The summed E-state index contributed by atoms with van der Waals surface area (Å²) in [5.74, 6) is 0.684. The Hall–Kier alpha value is -0.120. The molecule has 0 spiro atoms. The third-order valence-electron chi connectivity index (χ3n) is 5.16. The van der Waals surface area contributed by atoms with E-state index in [2.05, 4.69) is 44.5 Å². The second-order valence-corrected chi connectivity index (χ2v) is 6.31. The van der Waals surface area contributed by atoms with E-state index in [4.69, 9.17) is 5.73 Å². The van der Waals surface area contributed by atoms with Crippen LogP contribution in [0.5, 0.6) is 0 Å². The van der Waals surface area contributed by atoms with Gasteiger partial charge in [0, 0.05) is 18.1 Å². The predicted molar refractivity (Wildman–Crippen MR) is 79.8 cm³/mol. The van der Waals surface area contributed by atoms with Crippen LogP contribution in [0.4, 0.5) is 0 Å². The van der Waals surface area contributed by atoms with E-state index >= 15 is 0 Å². The maximum absolute atomic E-state index is 6.17. The SMILES string of the molecule is CCN1CCCC(CN)(N(C)C(C)C(C)C)CC1. The Balaban J connectivity index is 2.78. The van der Waals surface area contributed by atoms with Crippen molar-refractivity contribution in [3.63, 3.8) is 0 Å². The number of hydrogen-bond donors (Lipinski definition) is 1. The molecule has 0 bridgehead atoms. The Labute approximate surface area is 114 Å². The molecule has 0 saturated carbocycles. The first-order valence-corrected chi connectivity index (χ1v) is 7.62. The van der Waals surface area contributed by atoms with Crippen LogP contribution in [-0.4, -0.2) is 54.6 Å². The fourth-order valence-corrected chi connectivity index (χ4v) is 3.13. The molecule has 1 aliphatic rings. The van der Waals surface area contributed by atoms with E-state index in [9.17, 15) is 0 Å². The van der Waals surface area contributed by atoms with E-state index in [0.717, 1.165) is 6.54 Å². The van der Waals surface area contributed by atoms with Crippen molar-refractivity contribution in [3.8, 4) is 0 Å². The predicted octanol–water partition coefficient (Wildman–Crippen LogP) is 2.17. The normalized spacial score (nSPS) is 28.7. The van der Waals surface area contributed by atoms with Crippen LogP contribution in [0.2, 0.25) is 0 Å². The van der Waals surface area contributed by atoms with Gasteiger partial charge in [0.2, 0.25) is 0 Å². The van der Waals surface area contributed by atoms with E-state index < -0.39 is 0 Å². The van der Waals surface area contributed by atoms with Gasteiger partial charge in [0.1, 0.15) is 0 Å². The van der Waals surface area contributed by atoms with Crippen LogP contribution < -0.4 is 5.73 Å². The summed E-state index contributed by atoms with van der Waals surface area (Å²) in [7, 11) is 2.28. The zero-order valence-corrected chi connectivity index (χ0v) is 13.1.